The van der Waals surface area contributed by atoms with E-state index in [2.05, 4.69) is 42.0 Å². The Morgan fingerprint density at radius 3 is 2.67 bits per heavy atom. The molecule has 0 bridgehead atoms. The molecule has 0 spiro atoms. The van der Waals surface area contributed by atoms with Gasteiger partial charge in [-0.1, -0.05) is 12.1 Å². The van der Waals surface area contributed by atoms with Crippen LogP contribution >= 0.6 is 0 Å². The lowest BCUT2D eigenvalue weighted by Crippen LogP contribution is -1.89. The topological polar surface area (TPSA) is 54.7 Å². The average molecular weight is 237 g/mol. The number of hydrogen-bond donors (Lipinski definition) is 2. The second-order valence-corrected chi connectivity index (χ2v) is 4.60. The zero-order valence-corrected chi connectivity index (χ0v) is 10.5. The number of hydrogen-bond acceptors (Lipinski definition) is 2. The van der Waals surface area contributed by atoms with Crippen molar-refractivity contribution >= 4 is 16.6 Å². The Kier molecular flexibility index (Phi) is 2.33. The summed E-state index contributed by atoms with van der Waals surface area (Å²) in [7, 11) is 0. The van der Waals surface area contributed by atoms with Crippen LogP contribution in [0.5, 0.6) is 0 Å². The number of aromatic amines is 1. The molecule has 0 saturated heterocycles. The van der Waals surface area contributed by atoms with Gasteiger partial charge in [0.05, 0.1) is 17.6 Å². The summed E-state index contributed by atoms with van der Waals surface area (Å²) in [6, 6.07) is 10.1. The van der Waals surface area contributed by atoms with Crippen LogP contribution in [0.1, 0.15) is 11.3 Å². The molecule has 2 aromatic heterocycles. The maximum Gasteiger partial charge on any atom is 0.0727 e. The lowest BCUT2D eigenvalue weighted by Gasteiger charge is -2.03. The second-order valence-electron chi connectivity index (χ2n) is 4.60. The van der Waals surface area contributed by atoms with Crippen LogP contribution in [-0.2, 0) is 0 Å². The fraction of sp³-hybridized carbons (Fsp3) is 0.133. The standard InChI is InChI=1S/C15H15N3/c1-9-4-3-5-13-14(9)15(10(2)18-13)12-7-6-11(16)8-17-12/h3-8,18H,16H2,1-2H3. The average Bonchev–Trinajstić information content (AvgIpc) is 2.68. The predicted molar refractivity (Wildman–Crippen MR) is 75.4 cm³/mol. The lowest BCUT2D eigenvalue weighted by atomic mass is 10.0. The third-order valence-electron chi connectivity index (χ3n) is 3.26. The van der Waals surface area contributed by atoms with Crippen LogP contribution in [0.4, 0.5) is 5.69 Å². The van der Waals surface area contributed by atoms with Gasteiger partial charge in [-0.3, -0.25) is 4.98 Å². The summed E-state index contributed by atoms with van der Waals surface area (Å²) >= 11 is 0. The first-order valence-electron chi connectivity index (χ1n) is 5.96. The fourth-order valence-corrected chi connectivity index (χ4v) is 2.43. The third kappa shape index (κ3) is 1.56. The Bertz CT molecular complexity index is 708. The molecule has 0 aliphatic rings. The van der Waals surface area contributed by atoms with E-state index in [-0.39, 0.29) is 0 Å². The summed E-state index contributed by atoms with van der Waals surface area (Å²) in [6.07, 6.45) is 1.70. The molecule has 0 amide bonds. The number of nitrogens with one attached hydrogen (secondary N) is 1. The summed E-state index contributed by atoms with van der Waals surface area (Å²) < 4.78 is 0. The molecule has 3 heteroatoms. The number of nitrogens with two attached hydrogens (primary N) is 1. The third-order valence-corrected chi connectivity index (χ3v) is 3.26. The van der Waals surface area contributed by atoms with E-state index < -0.39 is 0 Å². The Morgan fingerprint density at radius 2 is 1.94 bits per heavy atom. The van der Waals surface area contributed by atoms with Gasteiger partial charge in [0.2, 0.25) is 0 Å². The van der Waals surface area contributed by atoms with Gasteiger partial charge in [0.1, 0.15) is 0 Å². The molecule has 0 atom stereocenters. The fourth-order valence-electron chi connectivity index (χ4n) is 2.43. The van der Waals surface area contributed by atoms with Crippen LogP contribution < -0.4 is 5.73 Å². The van der Waals surface area contributed by atoms with Crippen LogP contribution in [0.3, 0.4) is 0 Å². The Hall–Kier alpha value is -2.29. The number of fused-ring (bicyclic) bond motifs is 1. The molecule has 0 aliphatic carbocycles. The Balaban J connectivity index is 2.34. The number of anilines is 1. The largest absolute Gasteiger partial charge is 0.397 e. The number of pyridine rings is 1. The lowest BCUT2D eigenvalue weighted by molar-refractivity contribution is 1.27. The molecule has 18 heavy (non-hydrogen) atoms. The number of nitrogen functional groups attached to an aromatic ring is 1. The summed E-state index contributed by atoms with van der Waals surface area (Å²) in [6.45, 7) is 4.20. The Morgan fingerprint density at radius 1 is 1.11 bits per heavy atom. The van der Waals surface area contributed by atoms with Gasteiger partial charge in [0.25, 0.3) is 0 Å². The van der Waals surface area contributed by atoms with Crippen molar-refractivity contribution in [2.75, 3.05) is 5.73 Å². The van der Waals surface area contributed by atoms with Gasteiger partial charge in [-0.15, -0.1) is 0 Å². The minimum atomic E-state index is 0.688. The van der Waals surface area contributed by atoms with Crippen molar-refractivity contribution < 1.29 is 0 Å². The summed E-state index contributed by atoms with van der Waals surface area (Å²) in [5, 5.41) is 1.24. The highest BCUT2D eigenvalue weighted by Gasteiger charge is 2.12. The quantitative estimate of drug-likeness (QED) is 0.681. The monoisotopic (exact) mass is 237 g/mol. The van der Waals surface area contributed by atoms with Crippen LogP contribution in [-0.4, -0.2) is 9.97 Å². The molecule has 90 valence electrons. The number of nitrogens with zero attached hydrogens (tertiary/aromatic N) is 1. The molecule has 0 radical (unpaired) electrons. The van der Waals surface area contributed by atoms with Crippen LogP contribution in [0.2, 0.25) is 0 Å². The maximum atomic E-state index is 5.69. The van der Waals surface area contributed by atoms with Gasteiger partial charge in [-0.05, 0) is 37.6 Å². The van der Waals surface area contributed by atoms with Gasteiger partial charge in [0.15, 0.2) is 0 Å². The van der Waals surface area contributed by atoms with Crippen LogP contribution in [0.25, 0.3) is 22.2 Å². The molecule has 0 saturated carbocycles. The van der Waals surface area contributed by atoms with Crippen molar-refractivity contribution in [3.8, 4) is 11.3 Å². The second kappa shape index (κ2) is 3.88. The van der Waals surface area contributed by atoms with Crippen molar-refractivity contribution in [3.63, 3.8) is 0 Å². The van der Waals surface area contributed by atoms with E-state index in [1.54, 1.807) is 6.20 Å². The highest BCUT2D eigenvalue weighted by atomic mass is 14.8. The highest BCUT2D eigenvalue weighted by Crippen LogP contribution is 2.33. The number of aromatic nitrogens is 2. The van der Waals surface area contributed by atoms with Crippen LogP contribution in [0.15, 0.2) is 36.5 Å². The summed E-state index contributed by atoms with van der Waals surface area (Å²) in [5.41, 5.74) is 12.1. The SMILES string of the molecule is Cc1[nH]c2cccc(C)c2c1-c1ccc(N)cn1. The first-order chi connectivity index (χ1) is 8.66. The van der Waals surface area contributed by atoms with Crippen molar-refractivity contribution in [1.82, 2.24) is 9.97 Å². The van der Waals surface area contributed by atoms with E-state index in [0.717, 1.165) is 16.9 Å². The van der Waals surface area contributed by atoms with Crippen molar-refractivity contribution in [2.24, 2.45) is 0 Å². The molecule has 0 fully saturated rings. The van der Waals surface area contributed by atoms with E-state index in [1.807, 2.05) is 12.1 Å². The molecular formula is C15H15N3. The molecule has 0 aliphatic heterocycles. The minimum Gasteiger partial charge on any atom is -0.397 e. The van der Waals surface area contributed by atoms with Gasteiger partial charge >= 0.3 is 0 Å². The molecule has 3 aromatic rings. The van der Waals surface area contributed by atoms with E-state index >= 15 is 0 Å². The van der Waals surface area contributed by atoms with Gasteiger partial charge in [-0.25, -0.2) is 0 Å². The molecule has 3 nitrogen and oxygen atoms in total. The first-order valence-corrected chi connectivity index (χ1v) is 5.96. The maximum absolute atomic E-state index is 5.69. The zero-order valence-electron chi connectivity index (χ0n) is 10.5. The number of H-pyrrole nitrogens is 1. The number of rotatable bonds is 1. The van der Waals surface area contributed by atoms with Crippen molar-refractivity contribution in [2.45, 2.75) is 13.8 Å². The highest BCUT2D eigenvalue weighted by molar-refractivity contribution is 5.98. The predicted octanol–water partition coefficient (Wildman–Crippen LogP) is 3.43. The first kappa shape index (κ1) is 10.8. The molecule has 1 aromatic carbocycles. The number of benzene rings is 1. The Labute approximate surface area is 106 Å². The summed E-state index contributed by atoms with van der Waals surface area (Å²) in [5.74, 6) is 0. The smallest absolute Gasteiger partial charge is 0.0727 e. The van der Waals surface area contributed by atoms with Gasteiger partial charge in [0, 0.05) is 22.2 Å². The molecule has 3 rings (SSSR count). The molecular weight excluding hydrogens is 222 g/mol. The van der Waals surface area contributed by atoms with Crippen molar-refractivity contribution in [3.05, 3.63) is 47.8 Å². The summed E-state index contributed by atoms with van der Waals surface area (Å²) in [4.78, 5) is 7.84. The van der Waals surface area contributed by atoms with E-state index in [1.165, 1.54) is 16.5 Å². The number of aryl methyl sites for hydroxylation is 2. The van der Waals surface area contributed by atoms with E-state index in [9.17, 15) is 0 Å². The van der Waals surface area contributed by atoms with Gasteiger partial charge in [-0.2, -0.15) is 0 Å². The molecule has 0 unspecified atom stereocenters. The molecule has 2 heterocycles. The minimum absolute atomic E-state index is 0.688. The van der Waals surface area contributed by atoms with Crippen molar-refractivity contribution in [1.29, 1.82) is 0 Å². The normalized spacial score (nSPS) is 11.0. The molecule has 3 N–H and O–H groups in total. The van der Waals surface area contributed by atoms with Crippen LogP contribution in [0, 0.1) is 13.8 Å². The van der Waals surface area contributed by atoms with E-state index in [0.29, 0.717) is 5.69 Å². The van der Waals surface area contributed by atoms with Gasteiger partial charge < -0.3 is 10.7 Å². The van der Waals surface area contributed by atoms with E-state index in [4.69, 9.17) is 5.73 Å². The zero-order chi connectivity index (χ0) is 12.7.